The second kappa shape index (κ2) is 8.14. The maximum absolute atomic E-state index is 12.5. The maximum atomic E-state index is 12.5. The van der Waals surface area contributed by atoms with Crippen LogP contribution in [-0.2, 0) is 9.59 Å². The highest BCUT2D eigenvalue weighted by Crippen LogP contribution is 2.34. The minimum atomic E-state index is -0.0670. The van der Waals surface area contributed by atoms with E-state index in [1.54, 1.807) is 25.1 Å². The third-order valence-corrected chi connectivity index (χ3v) is 5.30. The van der Waals surface area contributed by atoms with Gasteiger partial charge in [0.1, 0.15) is 5.75 Å². The van der Waals surface area contributed by atoms with Crippen LogP contribution in [0.15, 0.2) is 28.8 Å². The number of oxazole rings is 1. The Labute approximate surface area is 169 Å². The number of hydrogen-bond donors (Lipinski definition) is 1. The van der Waals surface area contributed by atoms with Crippen molar-refractivity contribution in [2.24, 2.45) is 0 Å². The zero-order valence-electron chi connectivity index (χ0n) is 16.8. The lowest BCUT2D eigenvalue weighted by Gasteiger charge is -2.24. The van der Waals surface area contributed by atoms with Crippen molar-refractivity contribution in [3.8, 4) is 17.1 Å². The van der Waals surface area contributed by atoms with Crippen LogP contribution in [0.3, 0.4) is 0 Å². The Morgan fingerprint density at radius 3 is 2.83 bits per heavy atom. The SMILES string of the molecule is COc1cc(N2CCC(=O)N(CC(=O)NC3CC3)CC2)ccc1-c1cnc(C)o1. The Morgan fingerprint density at radius 1 is 1.31 bits per heavy atom. The van der Waals surface area contributed by atoms with Crippen molar-refractivity contribution in [3.63, 3.8) is 0 Å². The van der Waals surface area contributed by atoms with Crippen molar-refractivity contribution in [3.05, 3.63) is 30.3 Å². The molecule has 2 heterocycles. The van der Waals surface area contributed by atoms with Crippen LogP contribution in [0.1, 0.15) is 25.2 Å². The summed E-state index contributed by atoms with van der Waals surface area (Å²) in [5.41, 5.74) is 1.81. The minimum absolute atomic E-state index is 0.0131. The molecule has 2 aromatic rings. The predicted octanol–water partition coefficient (Wildman–Crippen LogP) is 1.98. The first-order valence-electron chi connectivity index (χ1n) is 9.96. The van der Waals surface area contributed by atoms with Gasteiger partial charge in [0.05, 0.1) is 25.4 Å². The van der Waals surface area contributed by atoms with E-state index in [2.05, 4.69) is 15.2 Å². The molecule has 0 spiro atoms. The van der Waals surface area contributed by atoms with E-state index in [1.807, 2.05) is 18.2 Å². The fraction of sp³-hybridized carbons (Fsp3) is 0.476. The molecule has 154 valence electrons. The molecule has 1 aliphatic carbocycles. The van der Waals surface area contributed by atoms with E-state index in [1.165, 1.54) is 0 Å². The Kier molecular flexibility index (Phi) is 5.42. The summed E-state index contributed by atoms with van der Waals surface area (Å²) in [6, 6.07) is 6.20. The molecule has 1 saturated heterocycles. The Morgan fingerprint density at radius 2 is 2.14 bits per heavy atom. The second-order valence-electron chi connectivity index (χ2n) is 7.52. The van der Waals surface area contributed by atoms with Crippen molar-refractivity contribution in [2.75, 3.05) is 38.2 Å². The van der Waals surface area contributed by atoms with Gasteiger partial charge < -0.3 is 24.3 Å². The van der Waals surface area contributed by atoms with Gasteiger partial charge in [0.25, 0.3) is 0 Å². The van der Waals surface area contributed by atoms with Gasteiger partial charge >= 0.3 is 0 Å². The van der Waals surface area contributed by atoms with Crippen LogP contribution < -0.4 is 15.0 Å². The number of aryl methyl sites for hydroxylation is 1. The molecule has 2 fully saturated rings. The highest BCUT2D eigenvalue weighted by molar-refractivity contribution is 5.85. The molecule has 2 amide bonds. The van der Waals surface area contributed by atoms with E-state index in [4.69, 9.17) is 9.15 Å². The van der Waals surface area contributed by atoms with E-state index in [9.17, 15) is 9.59 Å². The molecule has 8 nitrogen and oxygen atoms in total. The number of carbonyl (C=O) groups is 2. The van der Waals surface area contributed by atoms with Gasteiger partial charge in [0.15, 0.2) is 11.7 Å². The normalized spacial score (nSPS) is 17.2. The van der Waals surface area contributed by atoms with Crippen LogP contribution in [0.2, 0.25) is 0 Å². The lowest BCUT2D eigenvalue weighted by Crippen LogP contribution is -2.42. The number of nitrogens with one attached hydrogen (secondary N) is 1. The summed E-state index contributed by atoms with van der Waals surface area (Å²) in [5, 5.41) is 2.95. The fourth-order valence-corrected chi connectivity index (χ4v) is 3.53. The average molecular weight is 398 g/mol. The van der Waals surface area contributed by atoms with E-state index < -0.39 is 0 Å². The number of aromatic nitrogens is 1. The fourth-order valence-electron chi connectivity index (χ4n) is 3.53. The van der Waals surface area contributed by atoms with E-state index in [0.717, 1.165) is 24.1 Å². The van der Waals surface area contributed by atoms with E-state index in [-0.39, 0.29) is 18.4 Å². The number of hydrogen-bond acceptors (Lipinski definition) is 6. The number of nitrogens with zero attached hydrogens (tertiary/aromatic N) is 3. The van der Waals surface area contributed by atoms with Gasteiger partial charge in [0, 0.05) is 50.8 Å². The molecule has 29 heavy (non-hydrogen) atoms. The lowest BCUT2D eigenvalue weighted by atomic mass is 10.1. The van der Waals surface area contributed by atoms with Crippen molar-refractivity contribution < 1.29 is 18.7 Å². The zero-order valence-corrected chi connectivity index (χ0v) is 16.8. The molecular formula is C21H26N4O4. The standard InChI is InChI=1S/C21H26N4O4/c1-14-22-12-19(29-14)17-6-5-16(11-18(17)28-2)24-8-7-21(27)25(10-9-24)13-20(26)23-15-3-4-15/h5-6,11-12,15H,3-4,7-10,13H2,1-2H3,(H,23,26). The van der Waals surface area contributed by atoms with Gasteiger partial charge in [-0.3, -0.25) is 9.59 Å². The van der Waals surface area contributed by atoms with E-state index in [0.29, 0.717) is 49.5 Å². The molecule has 1 N–H and O–H groups in total. The maximum Gasteiger partial charge on any atom is 0.239 e. The van der Waals surface area contributed by atoms with Gasteiger partial charge in [-0.2, -0.15) is 0 Å². The highest BCUT2D eigenvalue weighted by atomic mass is 16.5. The number of anilines is 1. The van der Waals surface area contributed by atoms with Gasteiger partial charge in [-0.25, -0.2) is 4.98 Å². The average Bonchev–Trinajstić information content (AvgIpc) is 3.45. The zero-order chi connectivity index (χ0) is 20.4. The molecule has 1 saturated carbocycles. The van der Waals surface area contributed by atoms with Crippen molar-refractivity contribution in [1.29, 1.82) is 0 Å². The first-order valence-corrected chi connectivity index (χ1v) is 9.96. The predicted molar refractivity (Wildman–Crippen MR) is 108 cm³/mol. The largest absolute Gasteiger partial charge is 0.496 e. The minimum Gasteiger partial charge on any atom is -0.496 e. The lowest BCUT2D eigenvalue weighted by molar-refractivity contribution is -0.135. The van der Waals surface area contributed by atoms with Crippen LogP contribution in [0.5, 0.6) is 5.75 Å². The van der Waals surface area contributed by atoms with Gasteiger partial charge in [-0.15, -0.1) is 0 Å². The van der Waals surface area contributed by atoms with Crippen LogP contribution in [0.4, 0.5) is 5.69 Å². The van der Waals surface area contributed by atoms with Gasteiger partial charge in [-0.1, -0.05) is 0 Å². The molecule has 0 atom stereocenters. The highest BCUT2D eigenvalue weighted by Gasteiger charge is 2.27. The van der Waals surface area contributed by atoms with Crippen molar-refractivity contribution in [2.45, 2.75) is 32.2 Å². The smallest absolute Gasteiger partial charge is 0.239 e. The van der Waals surface area contributed by atoms with Crippen molar-refractivity contribution >= 4 is 17.5 Å². The molecule has 1 aromatic heterocycles. The summed E-state index contributed by atoms with van der Waals surface area (Å²) in [5.74, 6) is 1.89. The van der Waals surface area contributed by atoms with Crippen LogP contribution >= 0.6 is 0 Å². The number of ether oxygens (including phenoxy) is 1. The third-order valence-electron chi connectivity index (χ3n) is 5.30. The monoisotopic (exact) mass is 398 g/mol. The summed E-state index contributed by atoms with van der Waals surface area (Å²) in [7, 11) is 1.62. The third kappa shape index (κ3) is 4.52. The number of carbonyl (C=O) groups excluding carboxylic acids is 2. The summed E-state index contributed by atoms with van der Waals surface area (Å²) in [6.07, 6.45) is 4.14. The number of amides is 2. The Bertz CT molecular complexity index is 906. The summed E-state index contributed by atoms with van der Waals surface area (Å²) in [6.45, 7) is 3.71. The molecule has 0 unspecified atom stereocenters. The van der Waals surface area contributed by atoms with Crippen LogP contribution in [0, 0.1) is 6.92 Å². The van der Waals surface area contributed by atoms with Crippen molar-refractivity contribution in [1.82, 2.24) is 15.2 Å². The first-order chi connectivity index (χ1) is 14.0. The van der Waals surface area contributed by atoms with Crippen LogP contribution in [-0.4, -0.2) is 61.0 Å². The van der Waals surface area contributed by atoms with E-state index >= 15 is 0 Å². The molecule has 1 aromatic carbocycles. The molecule has 2 aliphatic rings. The first kappa shape index (κ1) is 19.3. The molecule has 0 bridgehead atoms. The molecule has 8 heteroatoms. The number of methoxy groups -OCH3 is 1. The molecule has 0 radical (unpaired) electrons. The van der Waals surface area contributed by atoms with Gasteiger partial charge in [-0.05, 0) is 25.0 Å². The molecule has 1 aliphatic heterocycles. The number of benzene rings is 1. The van der Waals surface area contributed by atoms with Crippen LogP contribution in [0.25, 0.3) is 11.3 Å². The Hall–Kier alpha value is -3.03. The quantitative estimate of drug-likeness (QED) is 0.801. The second-order valence-corrected chi connectivity index (χ2v) is 7.52. The summed E-state index contributed by atoms with van der Waals surface area (Å²) >= 11 is 0. The molecule has 4 rings (SSSR count). The Balaban J connectivity index is 1.45. The summed E-state index contributed by atoms with van der Waals surface area (Å²) < 4.78 is 11.2. The summed E-state index contributed by atoms with van der Waals surface area (Å²) in [4.78, 5) is 32.5. The molecular weight excluding hydrogens is 372 g/mol. The number of rotatable bonds is 6. The van der Waals surface area contributed by atoms with Gasteiger partial charge in [0.2, 0.25) is 11.8 Å². The topological polar surface area (TPSA) is 87.9 Å².